The Morgan fingerprint density at radius 2 is 1.80 bits per heavy atom. The van der Waals surface area contributed by atoms with E-state index >= 15 is 0 Å². The number of hydrogen-bond donors (Lipinski definition) is 2. The Kier molecular flexibility index (Phi) is 9.70. The molecular formula is C27H33F4N3O5S. The van der Waals surface area contributed by atoms with Crippen molar-refractivity contribution < 1.29 is 40.3 Å². The molecule has 2 aromatic carbocycles. The van der Waals surface area contributed by atoms with Crippen LogP contribution in [0.3, 0.4) is 0 Å². The molecule has 0 aromatic heterocycles. The summed E-state index contributed by atoms with van der Waals surface area (Å²) < 4.78 is 86.1. The second-order valence-corrected chi connectivity index (χ2v) is 11.7. The Balaban J connectivity index is 1.91. The SMILES string of the molecule is CCOC(=O)c1cc(CNC(=O)C(C)c2ccc(NS(C)(=O)=O)c(F)c2)c(N2CCC(C)CC2)cc1C(F)(F)F. The first-order valence-corrected chi connectivity index (χ1v) is 14.7. The lowest BCUT2D eigenvalue weighted by atomic mass is 9.95. The zero-order valence-corrected chi connectivity index (χ0v) is 23.5. The lowest BCUT2D eigenvalue weighted by molar-refractivity contribution is -0.138. The first-order valence-electron chi connectivity index (χ1n) is 12.8. The predicted octanol–water partition coefficient (Wildman–Crippen LogP) is 5.05. The molecule has 13 heteroatoms. The molecule has 8 nitrogen and oxygen atoms in total. The minimum Gasteiger partial charge on any atom is -0.462 e. The molecule has 1 atom stereocenters. The van der Waals surface area contributed by atoms with E-state index in [-0.39, 0.29) is 30.1 Å². The molecule has 3 rings (SSSR count). The Morgan fingerprint density at radius 3 is 2.35 bits per heavy atom. The van der Waals surface area contributed by atoms with E-state index in [1.807, 2.05) is 9.62 Å². The number of carbonyl (C=O) groups is 2. The van der Waals surface area contributed by atoms with Gasteiger partial charge in [-0.25, -0.2) is 17.6 Å². The van der Waals surface area contributed by atoms with Crippen molar-refractivity contribution in [2.45, 2.75) is 52.3 Å². The molecule has 1 aliphatic heterocycles. The molecule has 220 valence electrons. The van der Waals surface area contributed by atoms with Gasteiger partial charge in [-0.15, -0.1) is 0 Å². The van der Waals surface area contributed by atoms with Crippen LogP contribution < -0.4 is 14.9 Å². The Morgan fingerprint density at radius 1 is 1.15 bits per heavy atom. The fraction of sp³-hybridized carbons (Fsp3) is 0.481. The van der Waals surface area contributed by atoms with E-state index in [9.17, 15) is 35.6 Å². The highest BCUT2D eigenvalue weighted by molar-refractivity contribution is 7.92. The number of carbonyl (C=O) groups excluding carboxylic acids is 2. The first kappa shape index (κ1) is 31.2. The number of sulfonamides is 1. The Labute approximate surface area is 231 Å². The number of benzene rings is 2. The van der Waals surface area contributed by atoms with Crippen LogP contribution in [0.25, 0.3) is 0 Å². The normalized spacial score (nSPS) is 15.4. The summed E-state index contributed by atoms with van der Waals surface area (Å²) >= 11 is 0. The number of ether oxygens (including phenoxy) is 1. The van der Waals surface area contributed by atoms with Crippen molar-refractivity contribution in [3.63, 3.8) is 0 Å². The number of nitrogens with one attached hydrogen (secondary N) is 2. The van der Waals surface area contributed by atoms with Crippen molar-refractivity contribution in [1.82, 2.24) is 5.32 Å². The summed E-state index contributed by atoms with van der Waals surface area (Å²) in [7, 11) is -3.71. The van der Waals surface area contributed by atoms with Gasteiger partial charge in [0.25, 0.3) is 0 Å². The van der Waals surface area contributed by atoms with Crippen LogP contribution in [0.1, 0.15) is 66.6 Å². The largest absolute Gasteiger partial charge is 0.462 e. The number of hydrogen-bond acceptors (Lipinski definition) is 6. The van der Waals surface area contributed by atoms with E-state index < -0.39 is 50.9 Å². The molecule has 0 saturated carbocycles. The summed E-state index contributed by atoms with van der Waals surface area (Å²) in [4.78, 5) is 27.3. The maximum atomic E-state index is 14.5. The minimum absolute atomic E-state index is 0.111. The first-order chi connectivity index (χ1) is 18.6. The second-order valence-electron chi connectivity index (χ2n) is 9.97. The van der Waals surface area contributed by atoms with E-state index in [1.54, 1.807) is 0 Å². The van der Waals surface area contributed by atoms with Crippen molar-refractivity contribution in [3.8, 4) is 0 Å². The maximum Gasteiger partial charge on any atom is 0.417 e. The van der Waals surface area contributed by atoms with Crippen LogP contribution in [0.2, 0.25) is 0 Å². The van der Waals surface area contributed by atoms with E-state index in [0.717, 1.165) is 37.3 Å². The van der Waals surface area contributed by atoms with Gasteiger partial charge < -0.3 is 15.0 Å². The second kappa shape index (κ2) is 12.4. The molecule has 1 heterocycles. The minimum atomic E-state index is -4.81. The number of amides is 1. The fourth-order valence-corrected chi connectivity index (χ4v) is 5.07. The van der Waals surface area contributed by atoms with Crippen molar-refractivity contribution in [2.24, 2.45) is 5.92 Å². The Hall–Kier alpha value is -3.35. The van der Waals surface area contributed by atoms with Crippen LogP contribution in [0.5, 0.6) is 0 Å². The molecule has 1 saturated heterocycles. The molecule has 40 heavy (non-hydrogen) atoms. The number of nitrogens with zero attached hydrogens (tertiary/aromatic N) is 1. The average molecular weight is 588 g/mol. The molecule has 1 amide bonds. The standard InChI is InChI=1S/C27H33F4N3O5S/c1-5-39-26(36)20-12-19(24(14-21(20)27(29,30)31)34-10-8-16(2)9-11-34)15-32-25(35)17(3)18-6-7-23(22(28)13-18)33-40(4,37)38/h6-7,12-14,16-17,33H,5,8-11,15H2,1-4H3,(H,32,35). The monoisotopic (exact) mass is 587 g/mol. The van der Waals surface area contributed by atoms with Gasteiger partial charge in [0.2, 0.25) is 15.9 Å². The molecule has 0 radical (unpaired) electrons. The quantitative estimate of drug-likeness (QED) is 0.314. The molecule has 0 spiro atoms. The summed E-state index contributed by atoms with van der Waals surface area (Å²) in [6.45, 7) is 5.80. The van der Waals surface area contributed by atoms with Gasteiger partial charge in [0.1, 0.15) is 5.82 Å². The number of halogens is 4. The lowest BCUT2D eigenvalue weighted by Gasteiger charge is -2.34. The highest BCUT2D eigenvalue weighted by Gasteiger charge is 2.37. The van der Waals surface area contributed by atoms with Gasteiger partial charge >= 0.3 is 12.1 Å². The van der Waals surface area contributed by atoms with E-state index in [4.69, 9.17) is 4.74 Å². The van der Waals surface area contributed by atoms with Crippen molar-refractivity contribution in [1.29, 1.82) is 0 Å². The number of alkyl halides is 3. The van der Waals surface area contributed by atoms with Gasteiger partial charge in [0.05, 0.1) is 35.6 Å². The van der Waals surface area contributed by atoms with Gasteiger partial charge in [0, 0.05) is 25.3 Å². The van der Waals surface area contributed by atoms with Gasteiger partial charge in [0.15, 0.2) is 0 Å². The third kappa shape index (κ3) is 7.86. The van der Waals surface area contributed by atoms with Gasteiger partial charge in [-0.2, -0.15) is 13.2 Å². The van der Waals surface area contributed by atoms with Crippen molar-refractivity contribution in [2.75, 3.05) is 35.6 Å². The molecule has 2 aromatic rings. The van der Waals surface area contributed by atoms with Gasteiger partial charge in [-0.1, -0.05) is 13.0 Å². The number of anilines is 2. The highest BCUT2D eigenvalue weighted by atomic mass is 32.2. The van der Waals surface area contributed by atoms with Crippen LogP contribution in [0, 0.1) is 11.7 Å². The molecule has 1 unspecified atom stereocenters. The van der Waals surface area contributed by atoms with Crippen LogP contribution in [0.15, 0.2) is 30.3 Å². The van der Waals surface area contributed by atoms with Crippen LogP contribution in [-0.2, 0) is 32.3 Å². The van der Waals surface area contributed by atoms with Crippen LogP contribution >= 0.6 is 0 Å². The molecule has 1 aliphatic rings. The Bertz CT molecular complexity index is 1360. The zero-order valence-electron chi connectivity index (χ0n) is 22.7. The summed E-state index contributed by atoms with van der Waals surface area (Å²) in [5.74, 6) is -2.99. The molecule has 1 fully saturated rings. The third-order valence-electron chi connectivity index (χ3n) is 6.78. The van der Waals surface area contributed by atoms with E-state index in [0.29, 0.717) is 24.6 Å². The summed E-state index contributed by atoms with van der Waals surface area (Å²) in [5, 5.41) is 2.68. The summed E-state index contributed by atoms with van der Waals surface area (Å²) in [5.41, 5.74) is -1.18. The number of piperidine rings is 1. The number of esters is 1. The van der Waals surface area contributed by atoms with E-state index in [2.05, 4.69) is 12.2 Å². The van der Waals surface area contributed by atoms with Gasteiger partial charge in [-0.05, 0) is 68.0 Å². The summed E-state index contributed by atoms with van der Waals surface area (Å²) in [6, 6.07) is 5.69. The fourth-order valence-electron chi connectivity index (χ4n) is 4.50. The third-order valence-corrected chi connectivity index (χ3v) is 7.37. The van der Waals surface area contributed by atoms with Crippen molar-refractivity contribution in [3.05, 3.63) is 58.4 Å². The molecule has 0 aliphatic carbocycles. The highest BCUT2D eigenvalue weighted by Crippen LogP contribution is 2.38. The van der Waals surface area contributed by atoms with E-state index in [1.165, 1.54) is 26.0 Å². The number of rotatable bonds is 9. The topological polar surface area (TPSA) is 105 Å². The van der Waals surface area contributed by atoms with Crippen LogP contribution in [-0.4, -0.2) is 46.2 Å². The zero-order chi connectivity index (χ0) is 29.8. The smallest absolute Gasteiger partial charge is 0.417 e. The van der Waals surface area contributed by atoms with Gasteiger partial charge in [-0.3, -0.25) is 9.52 Å². The molecule has 2 N–H and O–H groups in total. The predicted molar refractivity (Wildman–Crippen MR) is 143 cm³/mol. The average Bonchev–Trinajstić information content (AvgIpc) is 2.87. The summed E-state index contributed by atoms with van der Waals surface area (Å²) in [6.07, 6.45) is -2.37. The molecule has 0 bridgehead atoms. The van der Waals surface area contributed by atoms with Crippen LogP contribution in [0.4, 0.5) is 28.9 Å². The van der Waals surface area contributed by atoms with Crippen molar-refractivity contribution >= 4 is 33.3 Å². The maximum absolute atomic E-state index is 14.5. The molecular weight excluding hydrogens is 554 g/mol. The lowest BCUT2D eigenvalue weighted by Crippen LogP contribution is -2.35.